The fourth-order valence-corrected chi connectivity index (χ4v) is 0.454. The van der Waals surface area contributed by atoms with Crippen LogP contribution in [0.3, 0.4) is 0 Å². The van der Waals surface area contributed by atoms with Crippen LogP contribution in [0.25, 0.3) is 0 Å². The quantitative estimate of drug-likeness (QED) is 0.337. The molecular formula is C3H8KO3S-. The molecule has 0 amide bonds. The first kappa shape index (κ1) is 12.4. The van der Waals surface area contributed by atoms with Crippen molar-refractivity contribution in [2.24, 2.45) is 0 Å². The maximum atomic E-state index is 9.54. The Labute approximate surface area is 95.6 Å². The molecule has 1 atom stereocenters. The zero-order valence-corrected chi connectivity index (χ0v) is 8.99. The van der Waals surface area contributed by atoms with Crippen LogP contribution in [0.4, 0.5) is 0 Å². The number of rotatable bonds is 3. The second kappa shape index (κ2) is 8.71. The number of hydrogen-bond acceptors (Lipinski definition) is 3. The first-order chi connectivity index (χ1) is 3.27. The molecule has 0 aliphatic carbocycles. The van der Waals surface area contributed by atoms with Crippen LogP contribution in [-0.2, 0) is 15.5 Å². The predicted molar refractivity (Wildman–Crippen MR) is 26.3 cm³/mol. The molecule has 1 unspecified atom stereocenters. The van der Waals surface area contributed by atoms with Crippen LogP contribution in [0.1, 0.15) is 14.8 Å². The molecule has 0 saturated heterocycles. The molecule has 0 radical (unpaired) electrons. The van der Waals surface area contributed by atoms with E-state index in [1.165, 1.54) is 0 Å². The predicted octanol–water partition coefficient (Wildman–Crippen LogP) is -2.68. The molecule has 0 aromatic rings. The van der Waals surface area contributed by atoms with Crippen molar-refractivity contribution in [2.45, 2.75) is 13.3 Å². The van der Waals surface area contributed by atoms with Gasteiger partial charge in [-0.05, 0) is 6.42 Å². The molecule has 3 nitrogen and oxygen atoms in total. The smallest absolute Gasteiger partial charge is 1.00 e. The molecule has 0 rings (SSSR count). The van der Waals surface area contributed by atoms with E-state index in [0.717, 1.165) is 6.42 Å². The zero-order chi connectivity index (χ0) is 5.70. The van der Waals surface area contributed by atoms with Crippen LogP contribution < -0.4 is 51.4 Å². The van der Waals surface area contributed by atoms with Gasteiger partial charge in [-0.2, -0.15) is 0 Å². The molecule has 5 heteroatoms. The van der Waals surface area contributed by atoms with E-state index in [2.05, 4.69) is 4.18 Å². The summed E-state index contributed by atoms with van der Waals surface area (Å²) in [5, 5.41) is 0. The van der Waals surface area contributed by atoms with E-state index in [1.807, 2.05) is 6.92 Å². The Balaban J connectivity index is -0.000000180. The summed E-state index contributed by atoms with van der Waals surface area (Å²) in [6.45, 7) is 2.13. The summed E-state index contributed by atoms with van der Waals surface area (Å²) < 4.78 is 23.2. The summed E-state index contributed by atoms with van der Waals surface area (Å²) in [7, 11) is 0. The zero-order valence-electron chi connectivity index (χ0n) is 6.05. The van der Waals surface area contributed by atoms with Crippen molar-refractivity contribution in [3.05, 3.63) is 0 Å². The van der Waals surface area contributed by atoms with E-state index in [-0.39, 0.29) is 59.4 Å². The van der Waals surface area contributed by atoms with Crippen molar-refractivity contribution in [3.8, 4) is 0 Å². The third-order valence-corrected chi connectivity index (χ3v) is 0.743. The normalized spacial score (nSPS) is 12.2. The largest absolute Gasteiger partial charge is 1.00 e. The van der Waals surface area contributed by atoms with Crippen molar-refractivity contribution >= 4 is 11.4 Å². The maximum Gasteiger partial charge on any atom is 1.00 e. The van der Waals surface area contributed by atoms with Gasteiger partial charge in [-0.25, -0.2) is 4.21 Å². The monoisotopic (exact) mass is 163 g/mol. The summed E-state index contributed by atoms with van der Waals surface area (Å²) >= 11 is -2.32. The van der Waals surface area contributed by atoms with Gasteiger partial charge in [0.2, 0.25) is 0 Å². The second-order valence-electron chi connectivity index (χ2n) is 1.03. The summed E-state index contributed by atoms with van der Waals surface area (Å²) in [5.41, 5.74) is 0. The van der Waals surface area contributed by atoms with Gasteiger partial charge in [0.25, 0.3) is 0 Å². The molecule has 0 heterocycles. The van der Waals surface area contributed by atoms with Crippen molar-refractivity contribution in [1.29, 1.82) is 0 Å². The fraction of sp³-hybridized carbons (Fsp3) is 1.00. The Morgan fingerprint density at radius 3 is 2.50 bits per heavy atom. The van der Waals surface area contributed by atoms with E-state index in [4.69, 9.17) is 0 Å². The Morgan fingerprint density at radius 2 is 2.38 bits per heavy atom. The van der Waals surface area contributed by atoms with E-state index in [1.54, 1.807) is 0 Å². The Morgan fingerprint density at radius 1 is 1.88 bits per heavy atom. The van der Waals surface area contributed by atoms with Gasteiger partial charge >= 0.3 is 51.4 Å². The summed E-state index contributed by atoms with van der Waals surface area (Å²) in [4.78, 5) is 0. The topological polar surface area (TPSA) is 49.4 Å². The summed E-state index contributed by atoms with van der Waals surface area (Å²) in [6, 6.07) is 0. The minimum Gasteiger partial charge on any atom is -1.00 e. The molecule has 0 aromatic carbocycles. The van der Waals surface area contributed by atoms with Crippen molar-refractivity contribution in [3.63, 3.8) is 0 Å². The molecule has 0 saturated carbocycles. The van der Waals surface area contributed by atoms with Crippen LogP contribution in [0, 0.1) is 0 Å². The van der Waals surface area contributed by atoms with Crippen LogP contribution in [0.5, 0.6) is 0 Å². The molecule has 0 N–H and O–H groups in total. The molecule has 0 aromatic heterocycles. The summed E-state index contributed by atoms with van der Waals surface area (Å²) in [6.07, 6.45) is 0.730. The second-order valence-corrected chi connectivity index (χ2v) is 1.67. The van der Waals surface area contributed by atoms with E-state index >= 15 is 0 Å². The van der Waals surface area contributed by atoms with Gasteiger partial charge in [0.15, 0.2) is 0 Å². The first-order valence-electron chi connectivity index (χ1n) is 2.00. The Kier molecular flexibility index (Phi) is 13.5. The molecule has 0 bridgehead atoms. The first-order valence-corrected chi connectivity index (χ1v) is 3.00. The minimum absolute atomic E-state index is 0. The summed E-state index contributed by atoms with van der Waals surface area (Å²) in [5.74, 6) is 0. The average Bonchev–Trinajstić information content (AvgIpc) is 1.61. The third kappa shape index (κ3) is 10.6. The van der Waals surface area contributed by atoms with Gasteiger partial charge < -0.3 is 10.2 Å². The molecule has 0 fully saturated rings. The SMILES string of the molecule is CCCOS(=O)[O-].[H-].[K+]. The Bertz CT molecular complexity index is 72.1. The average molecular weight is 163 g/mol. The van der Waals surface area contributed by atoms with Gasteiger partial charge in [-0.3, -0.25) is 0 Å². The van der Waals surface area contributed by atoms with Crippen molar-refractivity contribution < 1.29 is 65.8 Å². The van der Waals surface area contributed by atoms with Crippen LogP contribution in [0.2, 0.25) is 0 Å². The van der Waals surface area contributed by atoms with Gasteiger partial charge in [0.1, 0.15) is 0 Å². The molecule has 0 aliphatic heterocycles. The third-order valence-electron chi connectivity index (χ3n) is 0.384. The van der Waals surface area contributed by atoms with Gasteiger partial charge in [0, 0.05) is 0 Å². The van der Waals surface area contributed by atoms with Gasteiger partial charge in [0.05, 0.1) is 18.0 Å². The molecular weight excluding hydrogens is 155 g/mol. The fourth-order valence-electron chi connectivity index (χ4n) is 0.151. The molecule has 46 valence electrons. The van der Waals surface area contributed by atoms with Crippen molar-refractivity contribution in [1.82, 2.24) is 0 Å². The van der Waals surface area contributed by atoms with E-state index in [9.17, 15) is 8.76 Å². The van der Waals surface area contributed by atoms with E-state index < -0.39 is 11.4 Å². The van der Waals surface area contributed by atoms with Crippen LogP contribution in [0.15, 0.2) is 0 Å². The van der Waals surface area contributed by atoms with Crippen LogP contribution >= 0.6 is 0 Å². The molecule has 0 aliphatic rings. The number of hydrogen-bond donors (Lipinski definition) is 0. The van der Waals surface area contributed by atoms with E-state index in [0.29, 0.717) is 0 Å². The molecule has 8 heavy (non-hydrogen) atoms. The van der Waals surface area contributed by atoms with Crippen LogP contribution in [-0.4, -0.2) is 15.4 Å². The van der Waals surface area contributed by atoms with Crippen molar-refractivity contribution in [2.75, 3.05) is 6.61 Å². The van der Waals surface area contributed by atoms with Gasteiger partial charge in [-0.15, -0.1) is 0 Å². The molecule has 0 spiro atoms. The maximum absolute atomic E-state index is 9.54. The standard InChI is InChI=1S/C3H8O3S.K.H/c1-2-3-6-7(4)5;;/h2-3H2,1H3,(H,4,5);;/q;+1;-1/p-1. The minimum atomic E-state index is -2.32. The Hall–Kier alpha value is 1.71. The van der Waals surface area contributed by atoms with Gasteiger partial charge in [-0.1, -0.05) is 6.92 Å².